The van der Waals surface area contributed by atoms with Gasteiger partial charge in [-0.2, -0.15) is 0 Å². The number of anilines is 2. The van der Waals surface area contributed by atoms with Gasteiger partial charge in [0.05, 0.1) is 0 Å². The molecule has 2 aromatic carbocycles. The molecule has 0 atom stereocenters. The fourth-order valence-electron chi connectivity index (χ4n) is 3.83. The van der Waals surface area contributed by atoms with Gasteiger partial charge in [0.2, 0.25) is 11.8 Å². The maximum atomic E-state index is 12.3. The second-order valence-corrected chi connectivity index (χ2v) is 7.60. The van der Waals surface area contributed by atoms with Crippen LogP contribution in [0, 0.1) is 0 Å². The standard InChI is InChI=1S/C23H25N3O4/c27-21(16-30-20-10-8-19(9-11-20)26-13-3-7-23(26)29)24-18-5-1-4-17(14-18)15-25-12-2-6-22(25)28/h1,4-5,8-11,14H,2-3,6-7,12-13,15-16H2,(H,24,27). The highest BCUT2D eigenvalue weighted by atomic mass is 16.5. The topological polar surface area (TPSA) is 79.0 Å². The van der Waals surface area contributed by atoms with Gasteiger partial charge in [-0.1, -0.05) is 12.1 Å². The van der Waals surface area contributed by atoms with E-state index >= 15 is 0 Å². The van der Waals surface area contributed by atoms with Crippen LogP contribution < -0.4 is 15.0 Å². The summed E-state index contributed by atoms with van der Waals surface area (Å²) in [6.45, 7) is 1.97. The summed E-state index contributed by atoms with van der Waals surface area (Å²) in [6.07, 6.45) is 2.99. The number of carbonyl (C=O) groups excluding carboxylic acids is 3. The maximum Gasteiger partial charge on any atom is 0.262 e. The summed E-state index contributed by atoms with van der Waals surface area (Å²) in [4.78, 5) is 39.5. The summed E-state index contributed by atoms with van der Waals surface area (Å²) in [5.41, 5.74) is 2.51. The quantitative estimate of drug-likeness (QED) is 0.765. The lowest BCUT2D eigenvalue weighted by Crippen LogP contribution is -2.24. The van der Waals surface area contributed by atoms with E-state index in [1.54, 1.807) is 17.0 Å². The van der Waals surface area contributed by atoms with Crippen molar-refractivity contribution < 1.29 is 19.1 Å². The summed E-state index contributed by atoms with van der Waals surface area (Å²) in [6, 6.07) is 14.7. The Morgan fingerprint density at radius 3 is 2.43 bits per heavy atom. The molecule has 7 heteroatoms. The van der Waals surface area contributed by atoms with Crippen molar-refractivity contribution in [1.82, 2.24) is 4.90 Å². The average Bonchev–Trinajstić information content (AvgIpc) is 3.35. The first-order valence-electron chi connectivity index (χ1n) is 10.3. The zero-order chi connectivity index (χ0) is 20.9. The second kappa shape index (κ2) is 8.98. The van der Waals surface area contributed by atoms with Gasteiger partial charge in [0.25, 0.3) is 5.91 Å². The molecule has 0 unspecified atom stereocenters. The van der Waals surface area contributed by atoms with Gasteiger partial charge in [0, 0.05) is 43.9 Å². The summed E-state index contributed by atoms with van der Waals surface area (Å²) in [5, 5.41) is 2.83. The maximum absolute atomic E-state index is 12.3. The molecule has 2 saturated heterocycles. The van der Waals surface area contributed by atoms with Crippen LogP contribution in [0.5, 0.6) is 5.75 Å². The molecule has 2 heterocycles. The van der Waals surface area contributed by atoms with Gasteiger partial charge in [0.1, 0.15) is 5.75 Å². The van der Waals surface area contributed by atoms with Crippen LogP contribution in [0.15, 0.2) is 48.5 Å². The lowest BCUT2D eigenvalue weighted by molar-refractivity contribution is -0.128. The minimum absolute atomic E-state index is 0.114. The number of carbonyl (C=O) groups is 3. The SMILES string of the molecule is O=C(COc1ccc(N2CCCC2=O)cc1)Nc1cccc(CN2CCCC2=O)c1. The van der Waals surface area contributed by atoms with Gasteiger partial charge < -0.3 is 19.9 Å². The molecule has 0 radical (unpaired) electrons. The van der Waals surface area contributed by atoms with E-state index in [0.29, 0.717) is 30.8 Å². The Morgan fingerprint density at radius 1 is 0.967 bits per heavy atom. The predicted molar refractivity (Wildman–Crippen MR) is 113 cm³/mol. The van der Waals surface area contributed by atoms with Crippen LogP contribution >= 0.6 is 0 Å². The first-order valence-corrected chi connectivity index (χ1v) is 10.3. The Kier molecular flexibility index (Phi) is 5.97. The summed E-state index contributed by atoms with van der Waals surface area (Å²) >= 11 is 0. The minimum atomic E-state index is -0.261. The Hall–Kier alpha value is -3.35. The Balaban J connectivity index is 1.28. The van der Waals surface area contributed by atoms with E-state index in [9.17, 15) is 14.4 Å². The minimum Gasteiger partial charge on any atom is -0.484 e. The Morgan fingerprint density at radius 2 is 1.73 bits per heavy atom. The van der Waals surface area contributed by atoms with Crippen LogP contribution in [0.2, 0.25) is 0 Å². The number of rotatable bonds is 7. The number of nitrogens with zero attached hydrogens (tertiary/aromatic N) is 2. The molecular weight excluding hydrogens is 382 g/mol. The van der Waals surface area contributed by atoms with E-state index < -0.39 is 0 Å². The van der Waals surface area contributed by atoms with Crippen molar-refractivity contribution in [2.24, 2.45) is 0 Å². The lowest BCUT2D eigenvalue weighted by atomic mass is 10.2. The second-order valence-electron chi connectivity index (χ2n) is 7.60. The van der Waals surface area contributed by atoms with Crippen LogP contribution in [0.4, 0.5) is 11.4 Å². The first-order chi connectivity index (χ1) is 14.6. The van der Waals surface area contributed by atoms with Crippen molar-refractivity contribution >= 4 is 29.1 Å². The molecular formula is C23H25N3O4. The average molecular weight is 407 g/mol. The van der Waals surface area contributed by atoms with Crippen LogP contribution in [-0.4, -0.2) is 42.3 Å². The number of ether oxygens (including phenoxy) is 1. The molecule has 7 nitrogen and oxygen atoms in total. The van der Waals surface area contributed by atoms with Crippen molar-refractivity contribution in [1.29, 1.82) is 0 Å². The molecule has 1 N–H and O–H groups in total. The third-order valence-electron chi connectivity index (χ3n) is 5.35. The fourth-order valence-corrected chi connectivity index (χ4v) is 3.83. The van der Waals surface area contributed by atoms with Gasteiger partial charge in [-0.3, -0.25) is 14.4 Å². The van der Waals surface area contributed by atoms with Crippen molar-refractivity contribution in [3.05, 3.63) is 54.1 Å². The number of likely N-dealkylation sites (tertiary alicyclic amines) is 1. The van der Waals surface area contributed by atoms with Crippen molar-refractivity contribution in [3.8, 4) is 5.75 Å². The van der Waals surface area contributed by atoms with E-state index in [4.69, 9.17) is 4.74 Å². The predicted octanol–water partition coefficient (Wildman–Crippen LogP) is 2.95. The first kappa shape index (κ1) is 19.9. The summed E-state index contributed by atoms with van der Waals surface area (Å²) < 4.78 is 5.57. The van der Waals surface area contributed by atoms with Gasteiger partial charge in [0.15, 0.2) is 6.61 Å². The molecule has 0 spiro atoms. The molecule has 30 heavy (non-hydrogen) atoms. The molecule has 0 aliphatic carbocycles. The van der Waals surface area contributed by atoms with Crippen LogP contribution in [0.3, 0.4) is 0 Å². The van der Waals surface area contributed by atoms with Gasteiger partial charge in [-0.05, 0) is 54.8 Å². The molecule has 0 bridgehead atoms. The normalized spacial score (nSPS) is 16.3. The van der Waals surface area contributed by atoms with Gasteiger partial charge >= 0.3 is 0 Å². The largest absolute Gasteiger partial charge is 0.484 e. The molecule has 4 rings (SSSR count). The lowest BCUT2D eigenvalue weighted by Gasteiger charge is -2.16. The number of amides is 3. The van der Waals surface area contributed by atoms with E-state index in [0.717, 1.165) is 37.2 Å². The molecule has 0 aromatic heterocycles. The molecule has 2 aliphatic heterocycles. The monoisotopic (exact) mass is 407 g/mol. The highest BCUT2D eigenvalue weighted by molar-refractivity contribution is 5.95. The smallest absolute Gasteiger partial charge is 0.262 e. The molecule has 2 fully saturated rings. The summed E-state index contributed by atoms with van der Waals surface area (Å²) in [7, 11) is 0. The molecule has 2 aliphatic rings. The third kappa shape index (κ3) is 4.79. The highest BCUT2D eigenvalue weighted by Gasteiger charge is 2.22. The van der Waals surface area contributed by atoms with Gasteiger partial charge in [-0.25, -0.2) is 0 Å². The zero-order valence-corrected chi connectivity index (χ0v) is 16.8. The number of nitrogens with one attached hydrogen (secondary N) is 1. The van der Waals surface area contributed by atoms with Crippen LogP contribution in [0.1, 0.15) is 31.2 Å². The zero-order valence-electron chi connectivity index (χ0n) is 16.8. The summed E-state index contributed by atoms with van der Waals surface area (Å²) in [5.74, 6) is 0.627. The number of hydrogen-bond acceptors (Lipinski definition) is 4. The number of benzene rings is 2. The van der Waals surface area contributed by atoms with Crippen molar-refractivity contribution in [2.75, 3.05) is 29.9 Å². The highest BCUT2D eigenvalue weighted by Crippen LogP contribution is 2.24. The molecule has 3 amide bonds. The van der Waals surface area contributed by atoms with E-state index in [-0.39, 0.29) is 24.3 Å². The van der Waals surface area contributed by atoms with Crippen molar-refractivity contribution in [3.63, 3.8) is 0 Å². The van der Waals surface area contributed by atoms with E-state index in [2.05, 4.69) is 5.32 Å². The molecule has 156 valence electrons. The Labute approximate surface area is 175 Å². The fraction of sp³-hybridized carbons (Fsp3) is 0.348. The Bertz CT molecular complexity index is 942. The van der Waals surface area contributed by atoms with Crippen LogP contribution in [-0.2, 0) is 20.9 Å². The third-order valence-corrected chi connectivity index (χ3v) is 5.35. The molecule has 2 aromatic rings. The van der Waals surface area contributed by atoms with Crippen molar-refractivity contribution in [2.45, 2.75) is 32.2 Å². The van der Waals surface area contributed by atoms with E-state index in [1.165, 1.54) is 0 Å². The number of hydrogen-bond donors (Lipinski definition) is 1. The molecule has 0 saturated carbocycles. The van der Waals surface area contributed by atoms with E-state index in [1.807, 2.05) is 41.3 Å². The van der Waals surface area contributed by atoms with Crippen LogP contribution in [0.25, 0.3) is 0 Å². The van der Waals surface area contributed by atoms with Gasteiger partial charge in [-0.15, -0.1) is 0 Å².